The van der Waals surface area contributed by atoms with Gasteiger partial charge in [0.05, 0.1) is 16.7 Å². The number of fused-ring (bicyclic) bond motifs is 1. The molecule has 33 heavy (non-hydrogen) atoms. The molecule has 6 rings (SSSR count). The van der Waals surface area contributed by atoms with Crippen LogP contribution in [-0.4, -0.2) is 9.55 Å². The molecule has 0 unspecified atom stereocenters. The van der Waals surface area contributed by atoms with Crippen LogP contribution in [-0.2, 0) is 0 Å². The van der Waals surface area contributed by atoms with Crippen molar-refractivity contribution in [3.8, 4) is 39.3 Å². The van der Waals surface area contributed by atoms with Gasteiger partial charge in [-0.1, -0.05) is 121 Å². The molecule has 5 aromatic carbocycles. The van der Waals surface area contributed by atoms with E-state index in [1.54, 1.807) is 0 Å². The van der Waals surface area contributed by atoms with E-state index in [1.165, 1.54) is 22.3 Å². The van der Waals surface area contributed by atoms with Crippen molar-refractivity contribution < 1.29 is 0 Å². The van der Waals surface area contributed by atoms with Gasteiger partial charge in [0.2, 0.25) is 0 Å². The summed E-state index contributed by atoms with van der Waals surface area (Å²) >= 11 is 0. The van der Waals surface area contributed by atoms with Crippen LogP contribution in [0.1, 0.15) is 0 Å². The molecule has 1 aromatic heterocycles. The zero-order chi connectivity index (χ0) is 22.0. The van der Waals surface area contributed by atoms with Crippen LogP contribution in [0.2, 0.25) is 0 Å². The molecule has 2 heteroatoms. The van der Waals surface area contributed by atoms with Gasteiger partial charge in [0.15, 0.2) is 0 Å². The summed E-state index contributed by atoms with van der Waals surface area (Å²) in [6, 6.07) is 46.6. The number of nitrogens with zero attached hydrogens (tertiary/aromatic N) is 2. The van der Waals surface area contributed by atoms with Gasteiger partial charge in [-0.2, -0.15) is 0 Å². The largest absolute Gasteiger partial charge is 0.291 e. The molecule has 0 saturated carbocycles. The fraction of sp³-hybridized carbons (Fsp3) is 0. The van der Waals surface area contributed by atoms with Gasteiger partial charge in [-0.25, -0.2) is 4.98 Å². The maximum absolute atomic E-state index is 5.09. The monoisotopic (exact) mass is 422 g/mol. The van der Waals surface area contributed by atoms with Crippen LogP contribution in [0.3, 0.4) is 0 Å². The molecule has 0 N–H and O–H groups in total. The van der Waals surface area contributed by atoms with Gasteiger partial charge >= 0.3 is 0 Å². The van der Waals surface area contributed by atoms with Crippen molar-refractivity contribution in [1.29, 1.82) is 0 Å². The van der Waals surface area contributed by atoms with Crippen LogP contribution < -0.4 is 0 Å². The molecule has 0 aliphatic rings. The molecule has 0 atom stereocenters. The number of rotatable bonds is 4. The second-order valence-corrected chi connectivity index (χ2v) is 8.06. The predicted molar refractivity (Wildman–Crippen MR) is 137 cm³/mol. The lowest BCUT2D eigenvalue weighted by Gasteiger charge is -2.19. The van der Waals surface area contributed by atoms with Gasteiger partial charge in [0.25, 0.3) is 0 Å². The Bertz CT molecular complexity index is 1470. The molecule has 1 heterocycles. The first-order valence-electron chi connectivity index (χ1n) is 11.2. The second-order valence-electron chi connectivity index (χ2n) is 8.06. The maximum atomic E-state index is 5.09. The van der Waals surface area contributed by atoms with Crippen molar-refractivity contribution in [2.75, 3.05) is 0 Å². The lowest BCUT2D eigenvalue weighted by Crippen LogP contribution is -2.03. The fourth-order valence-corrected chi connectivity index (χ4v) is 4.52. The van der Waals surface area contributed by atoms with Crippen molar-refractivity contribution in [1.82, 2.24) is 9.55 Å². The minimum atomic E-state index is 0.942. The third-order valence-corrected chi connectivity index (χ3v) is 6.02. The average molecular weight is 423 g/mol. The van der Waals surface area contributed by atoms with Gasteiger partial charge in [0, 0.05) is 16.7 Å². The molecule has 6 aromatic rings. The van der Waals surface area contributed by atoms with Gasteiger partial charge < -0.3 is 0 Å². The first-order chi connectivity index (χ1) is 16.4. The van der Waals surface area contributed by atoms with E-state index in [-0.39, 0.29) is 0 Å². The third-order valence-electron chi connectivity index (χ3n) is 6.02. The topological polar surface area (TPSA) is 17.8 Å². The number of hydrogen-bond acceptors (Lipinski definition) is 1. The normalized spacial score (nSPS) is 11.0. The van der Waals surface area contributed by atoms with Crippen LogP contribution >= 0.6 is 0 Å². The summed E-state index contributed by atoms with van der Waals surface area (Å²) in [4.78, 5) is 5.09. The second kappa shape index (κ2) is 8.25. The fourth-order valence-electron chi connectivity index (χ4n) is 4.52. The predicted octanol–water partition coefficient (Wildman–Crippen LogP) is 8.03. The summed E-state index contributed by atoms with van der Waals surface area (Å²) in [5.74, 6) is 0.942. The molecule has 0 aliphatic heterocycles. The van der Waals surface area contributed by atoms with E-state index in [2.05, 4.69) is 132 Å². The van der Waals surface area contributed by atoms with Crippen LogP contribution in [0.15, 0.2) is 133 Å². The standard InChI is InChI=1S/C31H22N2/c1-4-13-23(14-5-1)26-19-12-20-27(24-15-6-2-7-16-24)30(26)33-29-22-11-10-21-28(29)32-31(33)25-17-8-3-9-18-25/h1-22H. The summed E-state index contributed by atoms with van der Waals surface area (Å²) in [5.41, 5.74) is 9.03. The Labute approximate surface area is 193 Å². The molecule has 0 bridgehead atoms. The Morgan fingerprint density at radius 3 is 1.48 bits per heavy atom. The first-order valence-corrected chi connectivity index (χ1v) is 11.2. The molecular weight excluding hydrogens is 400 g/mol. The van der Waals surface area contributed by atoms with Crippen molar-refractivity contribution in [3.63, 3.8) is 0 Å². The minimum absolute atomic E-state index is 0.942. The minimum Gasteiger partial charge on any atom is -0.291 e. The summed E-state index contributed by atoms with van der Waals surface area (Å²) in [6.45, 7) is 0. The summed E-state index contributed by atoms with van der Waals surface area (Å²) in [7, 11) is 0. The Morgan fingerprint density at radius 1 is 0.424 bits per heavy atom. The van der Waals surface area contributed by atoms with Gasteiger partial charge in [-0.15, -0.1) is 0 Å². The van der Waals surface area contributed by atoms with Gasteiger partial charge in [-0.05, 0) is 23.3 Å². The number of para-hydroxylation sites is 3. The molecular formula is C31H22N2. The lowest BCUT2D eigenvalue weighted by atomic mass is 9.95. The summed E-state index contributed by atoms with van der Waals surface area (Å²) in [6.07, 6.45) is 0. The number of imidazole rings is 1. The van der Waals surface area contributed by atoms with E-state index in [0.29, 0.717) is 0 Å². The van der Waals surface area contributed by atoms with E-state index >= 15 is 0 Å². The zero-order valence-electron chi connectivity index (χ0n) is 18.1. The highest BCUT2D eigenvalue weighted by Gasteiger charge is 2.20. The highest BCUT2D eigenvalue weighted by molar-refractivity contribution is 5.92. The van der Waals surface area contributed by atoms with Crippen molar-refractivity contribution in [2.45, 2.75) is 0 Å². The SMILES string of the molecule is c1ccc(-c2cccc(-c3ccccc3)c2-n2c(-c3ccccc3)nc3ccccc32)cc1. The molecule has 2 nitrogen and oxygen atoms in total. The van der Waals surface area contributed by atoms with Gasteiger partial charge in [0.1, 0.15) is 5.82 Å². The highest BCUT2D eigenvalue weighted by atomic mass is 15.1. The molecule has 0 saturated heterocycles. The Kier molecular flexibility index (Phi) is 4.82. The van der Waals surface area contributed by atoms with E-state index < -0.39 is 0 Å². The van der Waals surface area contributed by atoms with E-state index in [0.717, 1.165) is 28.1 Å². The average Bonchev–Trinajstić information content (AvgIpc) is 3.29. The first kappa shape index (κ1) is 19.3. The number of hydrogen-bond donors (Lipinski definition) is 0. The summed E-state index contributed by atoms with van der Waals surface area (Å²) in [5, 5.41) is 0. The van der Waals surface area contributed by atoms with Crippen LogP contribution in [0.5, 0.6) is 0 Å². The Morgan fingerprint density at radius 2 is 0.909 bits per heavy atom. The molecule has 156 valence electrons. The van der Waals surface area contributed by atoms with Crippen LogP contribution in [0, 0.1) is 0 Å². The maximum Gasteiger partial charge on any atom is 0.145 e. The molecule has 0 radical (unpaired) electrons. The van der Waals surface area contributed by atoms with E-state index in [4.69, 9.17) is 4.98 Å². The van der Waals surface area contributed by atoms with Crippen LogP contribution in [0.4, 0.5) is 0 Å². The highest BCUT2D eigenvalue weighted by Crippen LogP contribution is 2.40. The van der Waals surface area contributed by atoms with E-state index in [9.17, 15) is 0 Å². The third kappa shape index (κ3) is 3.42. The van der Waals surface area contributed by atoms with Crippen molar-refractivity contribution in [2.24, 2.45) is 0 Å². The zero-order valence-corrected chi connectivity index (χ0v) is 18.1. The quantitative estimate of drug-likeness (QED) is 0.281. The van der Waals surface area contributed by atoms with Crippen LogP contribution in [0.25, 0.3) is 50.4 Å². The van der Waals surface area contributed by atoms with E-state index in [1.807, 2.05) is 6.07 Å². The lowest BCUT2D eigenvalue weighted by molar-refractivity contribution is 1.11. The van der Waals surface area contributed by atoms with Crippen molar-refractivity contribution in [3.05, 3.63) is 133 Å². The Balaban J connectivity index is 1.76. The Hall–Kier alpha value is -4.43. The number of benzene rings is 5. The smallest absolute Gasteiger partial charge is 0.145 e. The summed E-state index contributed by atoms with van der Waals surface area (Å²) < 4.78 is 2.33. The molecule has 0 aliphatic carbocycles. The number of aromatic nitrogens is 2. The molecule has 0 amide bonds. The van der Waals surface area contributed by atoms with Crippen molar-refractivity contribution >= 4 is 11.0 Å². The molecule has 0 spiro atoms. The molecule has 0 fully saturated rings. The van der Waals surface area contributed by atoms with Gasteiger partial charge in [-0.3, -0.25) is 4.57 Å².